The molecule has 0 radical (unpaired) electrons. The molecule has 0 fully saturated rings. The Morgan fingerprint density at radius 2 is 1.84 bits per heavy atom. The lowest BCUT2D eigenvalue weighted by Crippen LogP contribution is -2.20. The van der Waals surface area contributed by atoms with E-state index in [1.54, 1.807) is 32.7 Å². The number of hydrogen-bond acceptors (Lipinski definition) is 6. The van der Waals surface area contributed by atoms with Gasteiger partial charge in [0.2, 0.25) is 0 Å². The first-order valence-electron chi connectivity index (χ1n) is 9.98. The van der Waals surface area contributed by atoms with Crippen molar-refractivity contribution in [2.75, 3.05) is 14.2 Å². The van der Waals surface area contributed by atoms with Crippen molar-refractivity contribution in [3.05, 3.63) is 84.2 Å². The number of nitrogens with zero attached hydrogens (tertiary/aromatic N) is 3. The number of pyridine rings is 2. The van der Waals surface area contributed by atoms with Gasteiger partial charge in [-0.05, 0) is 43.3 Å². The van der Waals surface area contributed by atoms with Crippen molar-refractivity contribution in [1.29, 1.82) is 0 Å². The minimum absolute atomic E-state index is 0.338. The van der Waals surface area contributed by atoms with Crippen LogP contribution >= 0.6 is 0 Å². The lowest BCUT2D eigenvalue weighted by atomic mass is 10.0. The Balaban J connectivity index is 1.77. The predicted molar refractivity (Wildman–Crippen MR) is 124 cm³/mol. The SMILES string of the molecule is COc1ccc(OC)c(-c2cc(C(=O)N/N=C(/C)c3cccnc3)c3ccccc3n2)c1. The average molecular weight is 426 g/mol. The summed E-state index contributed by atoms with van der Waals surface area (Å²) in [5.41, 5.74) is 6.60. The molecule has 0 spiro atoms. The molecule has 0 atom stereocenters. The number of fused-ring (bicyclic) bond motifs is 1. The number of aromatic nitrogens is 2. The highest BCUT2D eigenvalue weighted by Gasteiger charge is 2.16. The highest BCUT2D eigenvalue weighted by atomic mass is 16.5. The highest BCUT2D eigenvalue weighted by molar-refractivity contribution is 6.08. The number of nitrogens with one attached hydrogen (secondary N) is 1. The Kier molecular flexibility index (Phi) is 6.07. The van der Waals surface area contributed by atoms with Crippen molar-refractivity contribution in [2.24, 2.45) is 5.10 Å². The first kappa shape index (κ1) is 21.0. The normalized spacial score (nSPS) is 11.3. The monoisotopic (exact) mass is 426 g/mol. The third-order valence-electron chi connectivity index (χ3n) is 5.05. The topological polar surface area (TPSA) is 85.7 Å². The van der Waals surface area contributed by atoms with E-state index in [-0.39, 0.29) is 5.91 Å². The number of para-hydroxylation sites is 1. The van der Waals surface area contributed by atoms with Gasteiger partial charge in [0.25, 0.3) is 5.91 Å². The second kappa shape index (κ2) is 9.26. The van der Waals surface area contributed by atoms with E-state index < -0.39 is 0 Å². The van der Waals surface area contributed by atoms with Crippen LogP contribution in [0.4, 0.5) is 0 Å². The van der Waals surface area contributed by atoms with Crippen molar-refractivity contribution < 1.29 is 14.3 Å². The first-order chi connectivity index (χ1) is 15.6. The van der Waals surface area contributed by atoms with Crippen molar-refractivity contribution in [3.8, 4) is 22.8 Å². The Bertz CT molecular complexity index is 1300. The largest absolute Gasteiger partial charge is 0.497 e. The zero-order valence-corrected chi connectivity index (χ0v) is 18.0. The molecule has 1 N–H and O–H groups in total. The van der Waals surface area contributed by atoms with Gasteiger partial charge >= 0.3 is 0 Å². The maximum atomic E-state index is 13.1. The van der Waals surface area contributed by atoms with E-state index in [4.69, 9.17) is 14.5 Å². The molecule has 0 bridgehead atoms. The summed E-state index contributed by atoms with van der Waals surface area (Å²) in [4.78, 5) is 22.0. The second-order valence-electron chi connectivity index (χ2n) is 7.02. The van der Waals surface area contributed by atoms with E-state index in [2.05, 4.69) is 15.5 Å². The Labute approximate surface area is 185 Å². The summed E-state index contributed by atoms with van der Waals surface area (Å²) in [5.74, 6) is 0.957. The van der Waals surface area contributed by atoms with Gasteiger partial charge in [-0.1, -0.05) is 24.3 Å². The van der Waals surface area contributed by atoms with Crippen LogP contribution in [-0.2, 0) is 0 Å². The number of carbonyl (C=O) groups excluding carboxylic acids is 1. The summed E-state index contributed by atoms with van der Waals surface area (Å²) in [6, 6.07) is 18.4. The molecule has 0 aliphatic rings. The molecule has 4 aromatic rings. The van der Waals surface area contributed by atoms with Gasteiger partial charge in [-0.3, -0.25) is 9.78 Å². The van der Waals surface area contributed by atoms with E-state index in [0.717, 1.165) is 16.5 Å². The summed E-state index contributed by atoms with van der Waals surface area (Å²) in [6.07, 6.45) is 3.38. The maximum absolute atomic E-state index is 13.1. The van der Waals surface area contributed by atoms with Crippen LogP contribution in [0.5, 0.6) is 11.5 Å². The van der Waals surface area contributed by atoms with E-state index in [9.17, 15) is 4.79 Å². The molecule has 0 aliphatic heterocycles. The summed E-state index contributed by atoms with van der Waals surface area (Å²) in [7, 11) is 3.19. The molecule has 4 rings (SSSR count). The minimum atomic E-state index is -0.338. The summed E-state index contributed by atoms with van der Waals surface area (Å²) >= 11 is 0. The third-order valence-corrected chi connectivity index (χ3v) is 5.05. The number of amides is 1. The van der Waals surface area contributed by atoms with Crippen molar-refractivity contribution in [1.82, 2.24) is 15.4 Å². The van der Waals surface area contributed by atoms with Gasteiger partial charge < -0.3 is 9.47 Å². The van der Waals surface area contributed by atoms with Gasteiger partial charge in [0, 0.05) is 28.9 Å². The smallest absolute Gasteiger partial charge is 0.272 e. The number of benzene rings is 2. The van der Waals surface area contributed by atoms with Gasteiger partial charge in [0.05, 0.1) is 36.7 Å². The van der Waals surface area contributed by atoms with E-state index >= 15 is 0 Å². The van der Waals surface area contributed by atoms with Crippen LogP contribution < -0.4 is 14.9 Å². The molecular weight excluding hydrogens is 404 g/mol. The standard InChI is InChI=1S/C25H22N4O3/c1-16(17-7-6-12-26-15-17)28-29-25(30)20-14-23(27-22-9-5-4-8-19(20)22)21-13-18(31-2)10-11-24(21)32-3/h4-15H,1-3H3,(H,29,30)/b28-16-. The summed E-state index contributed by atoms with van der Waals surface area (Å²) in [6.45, 7) is 1.81. The van der Waals surface area contributed by atoms with Gasteiger partial charge in [-0.2, -0.15) is 5.10 Å². The van der Waals surface area contributed by atoms with Crippen LogP contribution in [0.3, 0.4) is 0 Å². The molecule has 32 heavy (non-hydrogen) atoms. The van der Waals surface area contributed by atoms with Gasteiger partial charge in [0.1, 0.15) is 11.5 Å². The number of methoxy groups -OCH3 is 2. The quantitative estimate of drug-likeness (QED) is 0.363. The fourth-order valence-corrected chi connectivity index (χ4v) is 3.35. The van der Waals surface area contributed by atoms with E-state index in [1.807, 2.05) is 61.5 Å². The van der Waals surface area contributed by atoms with Gasteiger partial charge in [-0.25, -0.2) is 10.4 Å². The number of carbonyl (C=O) groups is 1. The Morgan fingerprint density at radius 3 is 2.59 bits per heavy atom. The minimum Gasteiger partial charge on any atom is -0.497 e. The van der Waals surface area contributed by atoms with Crippen molar-refractivity contribution in [3.63, 3.8) is 0 Å². The second-order valence-corrected chi connectivity index (χ2v) is 7.02. The van der Waals surface area contributed by atoms with Crippen LogP contribution in [0.1, 0.15) is 22.8 Å². The predicted octanol–water partition coefficient (Wildman–Crippen LogP) is 4.47. The molecule has 2 heterocycles. The molecule has 0 aliphatic carbocycles. The van der Waals surface area contributed by atoms with Crippen LogP contribution in [0, 0.1) is 0 Å². The first-order valence-corrected chi connectivity index (χ1v) is 9.98. The summed E-state index contributed by atoms with van der Waals surface area (Å²) < 4.78 is 10.9. The molecule has 0 saturated carbocycles. The summed E-state index contributed by atoms with van der Waals surface area (Å²) in [5, 5.41) is 4.98. The van der Waals surface area contributed by atoms with Gasteiger partial charge in [-0.15, -0.1) is 0 Å². The number of hydrogen-bond donors (Lipinski definition) is 1. The zero-order valence-electron chi connectivity index (χ0n) is 18.0. The lowest BCUT2D eigenvalue weighted by molar-refractivity contribution is 0.0956. The van der Waals surface area contributed by atoms with Crippen LogP contribution in [-0.4, -0.2) is 35.8 Å². The molecule has 0 unspecified atom stereocenters. The van der Waals surface area contributed by atoms with Gasteiger partial charge in [0.15, 0.2) is 0 Å². The highest BCUT2D eigenvalue weighted by Crippen LogP contribution is 2.34. The Hall–Kier alpha value is -4.26. The van der Waals surface area contributed by atoms with Crippen LogP contribution in [0.25, 0.3) is 22.2 Å². The van der Waals surface area contributed by atoms with Crippen molar-refractivity contribution in [2.45, 2.75) is 6.92 Å². The van der Waals surface area contributed by atoms with E-state index in [0.29, 0.717) is 34.0 Å². The molecule has 0 saturated heterocycles. The molecule has 1 amide bonds. The Morgan fingerprint density at radius 1 is 1.00 bits per heavy atom. The third kappa shape index (κ3) is 4.27. The molecule has 7 heteroatoms. The maximum Gasteiger partial charge on any atom is 0.272 e. The van der Waals surface area contributed by atoms with Crippen LogP contribution in [0.2, 0.25) is 0 Å². The molecule has 7 nitrogen and oxygen atoms in total. The molecular formula is C25H22N4O3. The number of ether oxygens (including phenoxy) is 2. The fraction of sp³-hybridized carbons (Fsp3) is 0.120. The zero-order chi connectivity index (χ0) is 22.5. The average Bonchev–Trinajstić information content (AvgIpc) is 2.86. The van der Waals surface area contributed by atoms with E-state index in [1.165, 1.54) is 0 Å². The van der Waals surface area contributed by atoms with Crippen LogP contribution in [0.15, 0.2) is 78.2 Å². The number of rotatable bonds is 6. The fourth-order valence-electron chi connectivity index (χ4n) is 3.35. The molecule has 2 aromatic heterocycles. The molecule has 160 valence electrons. The lowest BCUT2D eigenvalue weighted by Gasteiger charge is -2.13. The molecule has 2 aromatic carbocycles. The van der Waals surface area contributed by atoms with Crippen molar-refractivity contribution >= 4 is 22.5 Å². The number of hydrazone groups is 1.